The Labute approximate surface area is 332 Å². The lowest BCUT2D eigenvalue weighted by Gasteiger charge is -2.20. The minimum Gasteiger partial charge on any atom is -0.456 e. The number of thioether (sulfide) groups is 1. The zero-order chi connectivity index (χ0) is 37.5. The number of hydrogen-bond donors (Lipinski definition) is 0. The van der Waals surface area contributed by atoms with Crippen molar-refractivity contribution in [3.8, 4) is 45.3 Å². The number of para-hydroxylation sites is 3. The zero-order valence-corrected chi connectivity index (χ0v) is 31.3. The Bertz CT molecular complexity index is 3250. The van der Waals surface area contributed by atoms with Crippen LogP contribution in [0.4, 0.5) is 0 Å². The third-order valence-corrected chi connectivity index (χ3v) is 12.6. The molecule has 0 saturated heterocycles. The number of nitrogens with zero attached hydrogens (tertiary/aromatic N) is 3. The highest BCUT2D eigenvalue weighted by Gasteiger charge is 2.32. The molecule has 6 heteroatoms. The summed E-state index contributed by atoms with van der Waals surface area (Å²) in [6, 6.07) is 54.5. The van der Waals surface area contributed by atoms with Crippen LogP contribution in [0.1, 0.15) is 23.5 Å². The van der Waals surface area contributed by atoms with Crippen molar-refractivity contribution in [1.82, 2.24) is 15.0 Å². The van der Waals surface area contributed by atoms with Gasteiger partial charge in [0, 0.05) is 54.0 Å². The molecule has 2 aliphatic rings. The molecule has 0 saturated carbocycles. The van der Waals surface area contributed by atoms with Crippen LogP contribution in [0, 0.1) is 0 Å². The second-order valence-electron chi connectivity index (χ2n) is 14.6. The van der Waals surface area contributed by atoms with Crippen LogP contribution in [-0.4, -0.2) is 15.0 Å². The smallest absolute Gasteiger partial charge is 0.167 e. The summed E-state index contributed by atoms with van der Waals surface area (Å²) in [5.74, 6) is 2.13. The molecule has 1 atom stereocenters. The topological polar surface area (TPSA) is 65.0 Å². The van der Waals surface area contributed by atoms with E-state index in [1.54, 1.807) is 0 Å². The molecule has 0 N–H and O–H groups in total. The molecule has 0 fully saturated rings. The average Bonchev–Trinajstić information content (AvgIpc) is 3.98. The Morgan fingerprint density at radius 3 is 1.89 bits per heavy atom. The van der Waals surface area contributed by atoms with Gasteiger partial charge >= 0.3 is 0 Å². The normalized spacial score (nSPS) is 14.9. The maximum absolute atomic E-state index is 7.09. The summed E-state index contributed by atoms with van der Waals surface area (Å²) in [6.45, 7) is 0. The molecule has 1 aliphatic carbocycles. The zero-order valence-electron chi connectivity index (χ0n) is 30.5. The fourth-order valence-corrected chi connectivity index (χ4v) is 10.0. The molecule has 0 amide bonds. The molecule has 268 valence electrons. The molecule has 0 bridgehead atoms. The van der Waals surface area contributed by atoms with Gasteiger partial charge in [-0.15, -0.1) is 0 Å². The van der Waals surface area contributed by atoms with Crippen LogP contribution in [0.3, 0.4) is 0 Å². The number of hydrogen-bond acceptors (Lipinski definition) is 6. The SMILES string of the molecule is C1=CC(c2cc(-c3cccc4c3oc3c(-c5nc(-c6ccccc6)nc(-c6ccccc6)n5)cccc34)c3c(c2)oc2ccccc23)=C2Sc3ccccc3C2C1. The molecule has 12 rings (SSSR count). The van der Waals surface area contributed by atoms with E-state index in [0.717, 1.165) is 83.7 Å². The molecule has 4 heterocycles. The summed E-state index contributed by atoms with van der Waals surface area (Å²) in [6.07, 6.45) is 5.63. The predicted molar refractivity (Wildman–Crippen MR) is 232 cm³/mol. The summed E-state index contributed by atoms with van der Waals surface area (Å²) < 4.78 is 13.7. The monoisotopic (exact) mass is 749 g/mol. The van der Waals surface area contributed by atoms with E-state index in [9.17, 15) is 0 Å². The number of fused-ring (bicyclic) bond motifs is 9. The lowest BCUT2D eigenvalue weighted by atomic mass is 9.86. The Hall–Kier alpha value is -7.02. The van der Waals surface area contributed by atoms with Crippen molar-refractivity contribution in [3.05, 3.63) is 186 Å². The third kappa shape index (κ3) is 5.14. The van der Waals surface area contributed by atoms with Crippen molar-refractivity contribution in [2.45, 2.75) is 17.2 Å². The molecule has 57 heavy (non-hydrogen) atoms. The molecule has 10 aromatic rings. The van der Waals surface area contributed by atoms with Crippen molar-refractivity contribution in [2.24, 2.45) is 0 Å². The first kappa shape index (κ1) is 32.2. The first-order chi connectivity index (χ1) is 28.2. The van der Waals surface area contributed by atoms with Crippen LogP contribution in [0.25, 0.3) is 94.7 Å². The molecule has 7 aromatic carbocycles. The van der Waals surface area contributed by atoms with Crippen LogP contribution in [0.5, 0.6) is 0 Å². The molecule has 1 unspecified atom stereocenters. The van der Waals surface area contributed by atoms with Gasteiger partial charge in [-0.1, -0.05) is 151 Å². The quantitative estimate of drug-likeness (QED) is 0.175. The Balaban J connectivity index is 1.09. The van der Waals surface area contributed by atoms with Crippen LogP contribution >= 0.6 is 11.8 Å². The largest absolute Gasteiger partial charge is 0.456 e. The minimum absolute atomic E-state index is 0.360. The van der Waals surface area contributed by atoms with E-state index in [1.165, 1.54) is 20.9 Å². The van der Waals surface area contributed by atoms with Gasteiger partial charge in [-0.2, -0.15) is 0 Å². The van der Waals surface area contributed by atoms with Gasteiger partial charge in [0.2, 0.25) is 0 Å². The minimum atomic E-state index is 0.360. The summed E-state index contributed by atoms with van der Waals surface area (Å²) >= 11 is 1.90. The fraction of sp³-hybridized carbons (Fsp3) is 0.0392. The van der Waals surface area contributed by atoms with Gasteiger partial charge in [-0.25, -0.2) is 15.0 Å². The van der Waals surface area contributed by atoms with Crippen molar-refractivity contribution in [2.75, 3.05) is 0 Å². The van der Waals surface area contributed by atoms with Crippen molar-refractivity contribution in [3.63, 3.8) is 0 Å². The van der Waals surface area contributed by atoms with Crippen LogP contribution in [-0.2, 0) is 0 Å². The van der Waals surface area contributed by atoms with E-state index < -0.39 is 0 Å². The first-order valence-electron chi connectivity index (χ1n) is 19.2. The standard InChI is InChI=1S/C51H31N3O2S/c1-3-14-30(15-4-1)49-52-50(31-16-5-2-6-17-31)54-51(53-49)40-25-13-22-36-35-21-12-23-37(46(35)56-47(36)40)41-28-32(29-43-45(41)39-19-7-9-26-42(39)55-43)33-20-11-24-38-34-18-8-10-27-44(34)57-48(33)38/h1-23,25-29,38H,24H2. The molecule has 1 aliphatic heterocycles. The number of furan rings is 2. The Kier molecular flexibility index (Phi) is 7.22. The molecule has 5 nitrogen and oxygen atoms in total. The van der Waals surface area contributed by atoms with Crippen molar-refractivity contribution in [1.29, 1.82) is 0 Å². The highest BCUT2D eigenvalue weighted by Crippen LogP contribution is 2.55. The second kappa shape index (κ2) is 12.8. The summed E-state index contributed by atoms with van der Waals surface area (Å²) in [5.41, 5.74) is 11.8. The van der Waals surface area contributed by atoms with Gasteiger partial charge < -0.3 is 8.83 Å². The van der Waals surface area contributed by atoms with Crippen molar-refractivity contribution < 1.29 is 8.83 Å². The highest BCUT2D eigenvalue weighted by atomic mass is 32.2. The molecule has 0 spiro atoms. The van der Waals surface area contributed by atoms with Crippen LogP contribution in [0.15, 0.2) is 189 Å². The second-order valence-corrected chi connectivity index (χ2v) is 15.7. The van der Waals surface area contributed by atoms with E-state index in [1.807, 2.05) is 84.6 Å². The van der Waals surface area contributed by atoms with Gasteiger partial charge in [0.25, 0.3) is 0 Å². The summed E-state index contributed by atoms with van der Waals surface area (Å²) in [5, 5.41) is 4.18. The average molecular weight is 750 g/mol. The maximum Gasteiger partial charge on any atom is 0.167 e. The van der Waals surface area contributed by atoms with Crippen LogP contribution in [0.2, 0.25) is 0 Å². The summed E-state index contributed by atoms with van der Waals surface area (Å²) in [4.78, 5) is 17.8. The highest BCUT2D eigenvalue weighted by molar-refractivity contribution is 8.03. The number of rotatable bonds is 5. The lowest BCUT2D eigenvalue weighted by Crippen LogP contribution is -2.01. The number of allylic oxidation sites excluding steroid dienone is 4. The van der Waals surface area contributed by atoms with Crippen LogP contribution < -0.4 is 0 Å². The number of benzene rings is 7. The molecular weight excluding hydrogens is 719 g/mol. The van der Waals surface area contributed by atoms with E-state index in [0.29, 0.717) is 23.4 Å². The first-order valence-corrected chi connectivity index (χ1v) is 20.0. The predicted octanol–water partition coefficient (Wildman–Crippen LogP) is 13.9. The fourth-order valence-electron chi connectivity index (χ4n) is 8.67. The van der Waals surface area contributed by atoms with E-state index in [-0.39, 0.29) is 0 Å². The van der Waals surface area contributed by atoms with E-state index in [2.05, 4.69) is 97.1 Å². The maximum atomic E-state index is 7.09. The third-order valence-electron chi connectivity index (χ3n) is 11.3. The molecule has 0 radical (unpaired) electrons. The Morgan fingerprint density at radius 1 is 0.491 bits per heavy atom. The summed E-state index contributed by atoms with van der Waals surface area (Å²) in [7, 11) is 0. The van der Waals surface area contributed by atoms with Crippen molar-refractivity contribution >= 4 is 61.2 Å². The molecular formula is C51H31N3O2S. The number of aromatic nitrogens is 3. The Morgan fingerprint density at radius 2 is 1.12 bits per heavy atom. The van der Waals surface area contributed by atoms with E-state index >= 15 is 0 Å². The lowest BCUT2D eigenvalue weighted by molar-refractivity contribution is 0.668. The van der Waals surface area contributed by atoms with Gasteiger partial charge in [0.05, 0.1) is 5.56 Å². The van der Waals surface area contributed by atoms with E-state index in [4.69, 9.17) is 23.8 Å². The van der Waals surface area contributed by atoms with Gasteiger partial charge in [0.15, 0.2) is 17.5 Å². The van der Waals surface area contributed by atoms with Gasteiger partial charge in [-0.3, -0.25) is 0 Å². The molecule has 3 aromatic heterocycles. The van der Waals surface area contributed by atoms with Gasteiger partial charge in [0.1, 0.15) is 22.3 Å². The van der Waals surface area contributed by atoms with Gasteiger partial charge in [-0.05, 0) is 59.0 Å².